The summed E-state index contributed by atoms with van der Waals surface area (Å²) in [6.45, 7) is 5.52. The van der Waals surface area contributed by atoms with E-state index in [4.69, 9.17) is 0 Å². The van der Waals surface area contributed by atoms with Gasteiger partial charge in [0.05, 0.1) is 11.3 Å². The van der Waals surface area contributed by atoms with Gasteiger partial charge in [-0.1, -0.05) is 6.07 Å². The monoisotopic (exact) mass is 245 g/mol. The van der Waals surface area contributed by atoms with Gasteiger partial charge >= 0.3 is 0 Å². The van der Waals surface area contributed by atoms with Crippen molar-refractivity contribution in [3.8, 4) is 0 Å². The van der Waals surface area contributed by atoms with Crippen LogP contribution in [0.2, 0.25) is 0 Å². The van der Waals surface area contributed by atoms with Crippen LogP contribution in [0.5, 0.6) is 0 Å². The molecule has 0 aliphatic carbocycles. The number of benzene rings is 1. The van der Waals surface area contributed by atoms with Gasteiger partial charge in [0.15, 0.2) is 0 Å². The van der Waals surface area contributed by atoms with Crippen molar-refractivity contribution >= 4 is 23.2 Å². The highest BCUT2D eigenvalue weighted by Gasteiger charge is 2.36. The van der Waals surface area contributed by atoms with Crippen molar-refractivity contribution in [2.75, 3.05) is 11.4 Å². The smallest absolute Gasteiger partial charge is 0.299 e. The maximum absolute atomic E-state index is 11.9. The summed E-state index contributed by atoms with van der Waals surface area (Å²) in [6, 6.07) is 3.67. The van der Waals surface area contributed by atoms with Gasteiger partial charge in [0, 0.05) is 13.0 Å². The lowest BCUT2D eigenvalue weighted by atomic mass is 10.0. The molecule has 0 saturated heterocycles. The highest BCUT2D eigenvalue weighted by Crippen LogP contribution is 2.33. The van der Waals surface area contributed by atoms with Crippen molar-refractivity contribution in [1.82, 2.24) is 0 Å². The van der Waals surface area contributed by atoms with Gasteiger partial charge in [-0.2, -0.15) is 0 Å². The van der Waals surface area contributed by atoms with Crippen LogP contribution in [0.1, 0.15) is 34.8 Å². The lowest BCUT2D eigenvalue weighted by molar-refractivity contribution is -0.117. The Labute approximate surface area is 106 Å². The number of hydrogen-bond acceptors (Lipinski definition) is 3. The minimum atomic E-state index is -0.528. The summed E-state index contributed by atoms with van der Waals surface area (Å²) in [5.41, 5.74) is 2.98. The van der Waals surface area contributed by atoms with Gasteiger partial charge in [-0.3, -0.25) is 14.4 Å². The zero-order valence-corrected chi connectivity index (χ0v) is 10.7. The molecule has 18 heavy (non-hydrogen) atoms. The summed E-state index contributed by atoms with van der Waals surface area (Å²) >= 11 is 0. The molecule has 0 unspecified atom stereocenters. The number of carbonyl (C=O) groups is 3. The average Bonchev–Trinajstić information content (AvgIpc) is 2.51. The summed E-state index contributed by atoms with van der Waals surface area (Å²) in [7, 11) is 0. The molecule has 1 heterocycles. The Kier molecular flexibility index (Phi) is 3.03. The van der Waals surface area contributed by atoms with Crippen molar-refractivity contribution in [3.05, 3.63) is 28.8 Å². The van der Waals surface area contributed by atoms with E-state index in [1.807, 2.05) is 19.9 Å². The van der Waals surface area contributed by atoms with Crippen LogP contribution in [0.25, 0.3) is 0 Å². The molecule has 1 aliphatic heterocycles. The molecular formula is C14H15NO3. The third kappa shape index (κ3) is 1.94. The molecule has 94 valence electrons. The number of Topliss-reactive ketones (excluding diaryl/α,β-unsaturated/α-hetero) is 2. The van der Waals surface area contributed by atoms with Gasteiger partial charge in [0.25, 0.3) is 11.7 Å². The standard InChI is InChI=1S/C14H15NO3/c1-8-6-9(2)12-11(7-8)13(17)14(18)15(12)5-4-10(3)16/h6-7H,4-5H2,1-3H3. The molecule has 0 bridgehead atoms. The first kappa shape index (κ1) is 12.5. The molecule has 0 fully saturated rings. The number of fused-ring (bicyclic) bond motifs is 1. The third-order valence-corrected chi connectivity index (χ3v) is 3.09. The fourth-order valence-corrected chi connectivity index (χ4v) is 2.31. The zero-order valence-electron chi connectivity index (χ0n) is 10.7. The fraction of sp³-hybridized carbons (Fsp3) is 0.357. The largest absolute Gasteiger partial charge is 0.304 e. The number of nitrogens with zero attached hydrogens (tertiary/aromatic N) is 1. The molecule has 1 aliphatic rings. The lowest BCUT2D eigenvalue weighted by Crippen LogP contribution is -2.31. The molecule has 1 aromatic rings. The van der Waals surface area contributed by atoms with Crippen LogP contribution in [0.15, 0.2) is 12.1 Å². The van der Waals surface area contributed by atoms with Crippen molar-refractivity contribution in [3.63, 3.8) is 0 Å². The Hall–Kier alpha value is -1.97. The number of anilines is 1. The van der Waals surface area contributed by atoms with Crippen LogP contribution in [0.3, 0.4) is 0 Å². The second-order valence-electron chi connectivity index (χ2n) is 4.72. The molecule has 1 amide bonds. The van der Waals surface area contributed by atoms with Crippen LogP contribution >= 0.6 is 0 Å². The molecular weight excluding hydrogens is 230 g/mol. The Morgan fingerprint density at radius 2 is 1.89 bits per heavy atom. The van der Waals surface area contributed by atoms with E-state index in [0.717, 1.165) is 11.1 Å². The Morgan fingerprint density at radius 1 is 1.22 bits per heavy atom. The topological polar surface area (TPSA) is 54.5 Å². The Balaban J connectivity index is 2.45. The van der Waals surface area contributed by atoms with Crippen LogP contribution in [-0.2, 0) is 9.59 Å². The summed E-state index contributed by atoms with van der Waals surface area (Å²) in [6.07, 6.45) is 0.270. The molecule has 4 heteroatoms. The first-order chi connectivity index (χ1) is 8.41. The van der Waals surface area contributed by atoms with Gasteiger partial charge in [0.2, 0.25) is 0 Å². The van der Waals surface area contributed by atoms with Gasteiger partial charge in [-0.05, 0) is 38.0 Å². The van der Waals surface area contributed by atoms with Crippen molar-refractivity contribution in [2.45, 2.75) is 27.2 Å². The van der Waals surface area contributed by atoms with E-state index in [-0.39, 0.29) is 18.7 Å². The SMILES string of the molecule is CC(=O)CCN1C(=O)C(=O)c2cc(C)cc(C)c21. The third-order valence-electron chi connectivity index (χ3n) is 3.09. The highest BCUT2D eigenvalue weighted by molar-refractivity contribution is 6.52. The highest BCUT2D eigenvalue weighted by atomic mass is 16.2. The van der Waals surface area contributed by atoms with E-state index in [2.05, 4.69) is 0 Å². The minimum absolute atomic E-state index is 0.00784. The number of amides is 1. The minimum Gasteiger partial charge on any atom is -0.304 e. The van der Waals surface area contributed by atoms with Gasteiger partial charge < -0.3 is 4.90 Å². The van der Waals surface area contributed by atoms with Crippen LogP contribution < -0.4 is 4.90 Å². The molecule has 0 saturated carbocycles. The van der Waals surface area contributed by atoms with Crippen molar-refractivity contribution in [2.24, 2.45) is 0 Å². The number of rotatable bonds is 3. The Bertz CT molecular complexity index is 560. The number of aryl methyl sites for hydroxylation is 2. The number of hydrogen-bond donors (Lipinski definition) is 0. The molecule has 0 spiro atoms. The molecule has 0 N–H and O–H groups in total. The lowest BCUT2D eigenvalue weighted by Gasteiger charge is -2.17. The molecule has 0 radical (unpaired) electrons. The van der Waals surface area contributed by atoms with Gasteiger partial charge in [-0.15, -0.1) is 0 Å². The second kappa shape index (κ2) is 4.37. The molecule has 0 aromatic heterocycles. The fourth-order valence-electron chi connectivity index (χ4n) is 2.31. The van der Waals surface area contributed by atoms with E-state index in [0.29, 0.717) is 11.3 Å². The predicted molar refractivity (Wildman–Crippen MR) is 67.9 cm³/mol. The molecule has 0 atom stereocenters. The maximum atomic E-state index is 11.9. The summed E-state index contributed by atoms with van der Waals surface area (Å²) in [4.78, 5) is 36.2. The van der Waals surface area contributed by atoms with Crippen LogP contribution in [0, 0.1) is 13.8 Å². The van der Waals surface area contributed by atoms with Crippen LogP contribution in [-0.4, -0.2) is 24.0 Å². The first-order valence-electron chi connectivity index (χ1n) is 5.88. The predicted octanol–water partition coefficient (Wildman–Crippen LogP) is 1.81. The van der Waals surface area contributed by atoms with Crippen LogP contribution in [0.4, 0.5) is 5.69 Å². The molecule has 1 aromatic carbocycles. The first-order valence-corrected chi connectivity index (χ1v) is 5.88. The van der Waals surface area contributed by atoms with E-state index >= 15 is 0 Å². The van der Waals surface area contributed by atoms with Gasteiger partial charge in [0.1, 0.15) is 5.78 Å². The van der Waals surface area contributed by atoms with E-state index in [9.17, 15) is 14.4 Å². The van der Waals surface area contributed by atoms with E-state index < -0.39 is 11.7 Å². The van der Waals surface area contributed by atoms with Crippen molar-refractivity contribution < 1.29 is 14.4 Å². The van der Waals surface area contributed by atoms with E-state index in [1.165, 1.54) is 11.8 Å². The number of carbonyl (C=O) groups excluding carboxylic acids is 3. The van der Waals surface area contributed by atoms with Gasteiger partial charge in [-0.25, -0.2) is 0 Å². The second-order valence-corrected chi connectivity index (χ2v) is 4.72. The molecule has 2 rings (SSSR count). The summed E-state index contributed by atoms with van der Waals surface area (Å²) in [5, 5.41) is 0. The zero-order chi connectivity index (χ0) is 13.4. The quantitative estimate of drug-likeness (QED) is 0.763. The normalized spacial score (nSPS) is 14.1. The summed E-state index contributed by atoms with van der Waals surface area (Å²) in [5.74, 6) is -0.992. The van der Waals surface area contributed by atoms with Crippen molar-refractivity contribution in [1.29, 1.82) is 0 Å². The molecule has 4 nitrogen and oxygen atoms in total. The average molecular weight is 245 g/mol. The summed E-state index contributed by atoms with van der Waals surface area (Å²) < 4.78 is 0. The maximum Gasteiger partial charge on any atom is 0.299 e. The Morgan fingerprint density at radius 3 is 2.50 bits per heavy atom. The number of ketones is 2. The van der Waals surface area contributed by atoms with E-state index in [1.54, 1.807) is 6.07 Å².